The second kappa shape index (κ2) is 5.97. The van der Waals surface area contributed by atoms with Crippen LogP contribution in [0.1, 0.15) is 17.1 Å². The summed E-state index contributed by atoms with van der Waals surface area (Å²) in [6.07, 6.45) is 1.64. The van der Waals surface area contributed by atoms with Gasteiger partial charge in [-0.3, -0.25) is 9.67 Å². The maximum atomic E-state index is 5.77. The van der Waals surface area contributed by atoms with Gasteiger partial charge in [0.1, 0.15) is 18.1 Å². The van der Waals surface area contributed by atoms with E-state index in [1.807, 2.05) is 47.9 Å². The molecule has 1 aromatic carbocycles. The Morgan fingerprint density at radius 3 is 3.00 bits per heavy atom. The molecule has 0 saturated heterocycles. The number of aromatic amines is 1. The van der Waals surface area contributed by atoms with Gasteiger partial charge in [-0.15, -0.1) is 0 Å². The minimum atomic E-state index is 0.345. The molecule has 0 bridgehead atoms. The summed E-state index contributed by atoms with van der Waals surface area (Å²) < 4.78 is 13.5. The van der Waals surface area contributed by atoms with Gasteiger partial charge in [-0.1, -0.05) is 12.1 Å². The topological polar surface area (TPSA) is 56.0 Å². The van der Waals surface area contributed by atoms with Gasteiger partial charge in [-0.2, -0.15) is 5.10 Å². The van der Waals surface area contributed by atoms with Crippen molar-refractivity contribution in [2.45, 2.75) is 20.1 Å². The Kier molecular flexibility index (Phi) is 3.87. The van der Waals surface area contributed by atoms with Crippen LogP contribution in [0.25, 0.3) is 0 Å². The van der Waals surface area contributed by atoms with Crippen LogP contribution in [0.2, 0.25) is 0 Å². The number of aromatic nitrogens is 3. The Morgan fingerprint density at radius 1 is 1.33 bits per heavy atom. The molecular weight excluding hydrogens is 286 g/mol. The van der Waals surface area contributed by atoms with Gasteiger partial charge in [0.2, 0.25) is 0 Å². The van der Waals surface area contributed by atoms with Gasteiger partial charge in [-0.25, -0.2) is 0 Å². The summed E-state index contributed by atoms with van der Waals surface area (Å²) in [6.45, 7) is 2.91. The summed E-state index contributed by atoms with van der Waals surface area (Å²) in [5.41, 5.74) is 1.15. The van der Waals surface area contributed by atoms with Gasteiger partial charge < -0.3 is 9.15 Å². The van der Waals surface area contributed by atoms with Crippen molar-refractivity contribution in [2.75, 3.05) is 0 Å². The normalized spacial score (nSPS) is 10.7. The minimum absolute atomic E-state index is 0.345. The predicted octanol–water partition coefficient (Wildman–Crippen LogP) is 3.47. The average Bonchev–Trinajstić information content (AvgIpc) is 3.09. The first-order valence-corrected chi connectivity index (χ1v) is 6.99. The predicted molar refractivity (Wildman–Crippen MR) is 80.7 cm³/mol. The lowest BCUT2D eigenvalue weighted by molar-refractivity contribution is 0.288. The lowest BCUT2D eigenvalue weighted by Crippen LogP contribution is -2.08. The molecule has 1 N–H and O–H groups in total. The molecular formula is C15H15N3O2S. The van der Waals surface area contributed by atoms with E-state index in [1.54, 1.807) is 6.26 Å². The van der Waals surface area contributed by atoms with Crippen molar-refractivity contribution in [3.63, 3.8) is 0 Å². The van der Waals surface area contributed by atoms with E-state index in [4.69, 9.17) is 21.4 Å². The molecule has 5 nitrogen and oxygen atoms in total. The molecule has 0 aliphatic rings. The Morgan fingerprint density at radius 2 is 2.24 bits per heavy atom. The molecule has 0 aliphatic heterocycles. The highest BCUT2D eigenvalue weighted by atomic mass is 32.1. The fraction of sp³-hybridized carbons (Fsp3) is 0.200. The number of benzene rings is 1. The Balaban J connectivity index is 1.75. The summed E-state index contributed by atoms with van der Waals surface area (Å²) in [7, 11) is 0. The quantitative estimate of drug-likeness (QED) is 0.733. The zero-order valence-electron chi connectivity index (χ0n) is 11.6. The van der Waals surface area contributed by atoms with Gasteiger partial charge in [0.15, 0.2) is 10.6 Å². The van der Waals surface area contributed by atoms with E-state index >= 15 is 0 Å². The van der Waals surface area contributed by atoms with Crippen LogP contribution in [-0.4, -0.2) is 14.8 Å². The van der Waals surface area contributed by atoms with E-state index < -0.39 is 0 Å². The fourth-order valence-electron chi connectivity index (χ4n) is 2.03. The molecule has 3 rings (SSSR count). The summed E-state index contributed by atoms with van der Waals surface area (Å²) in [6, 6.07) is 11.6. The first kappa shape index (κ1) is 13.6. The van der Waals surface area contributed by atoms with Crippen molar-refractivity contribution >= 4 is 12.2 Å². The highest BCUT2D eigenvalue weighted by Crippen LogP contribution is 2.14. The van der Waals surface area contributed by atoms with E-state index in [-0.39, 0.29) is 0 Å². The summed E-state index contributed by atoms with van der Waals surface area (Å²) in [5, 5.41) is 7.00. The number of H-pyrrole nitrogens is 1. The van der Waals surface area contributed by atoms with Crippen LogP contribution >= 0.6 is 12.2 Å². The molecule has 108 valence electrons. The van der Waals surface area contributed by atoms with E-state index in [2.05, 4.69) is 10.2 Å². The first-order chi connectivity index (χ1) is 10.2. The van der Waals surface area contributed by atoms with Crippen molar-refractivity contribution in [1.29, 1.82) is 0 Å². The molecule has 0 atom stereocenters. The number of rotatable bonds is 5. The second-order valence-electron chi connectivity index (χ2n) is 4.72. The molecule has 0 aliphatic carbocycles. The second-order valence-corrected chi connectivity index (χ2v) is 5.10. The molecule has 0 saturated carbocycles. The Bertz CT molecular complexity index is 774. The molecule has 0 fully saturated rings. The number of hydrogen-bond acceptors (Lipinski definition) is 4. The number of nitrogens with one attached hydrogen (secondary N) is 1. The molecule has 3 aromatic rings. The van der Waals surface area contributed by atoms with Crippen LogP contribution in [0, 0.1) is 11.7 Å². The van der Waals surface area contributed by atoms with Gasteiger partial charge in [0.05, 0.1) is 12.8 Å². The van der Waals surface area contributed by atoms with E-state index in [0.29, 0.717) is 17.9 Å². The molecule has 6 heteroatoms. The average molecular weight is 301 g/mol. The molecule has 21 heavy (non-hydrogen) atoms. The third-order valence-corrected chi connectivity index (χ3v) is 3.40. The van der Waals surface area contributed by atoms with Gasteiger partial charge in [0, 0.05) is 0 Å². The number of aryl methyl sites for hydroxylation is 1. The molecule has 0 spiro atoms. The van der Waals surface area contributed by atoms with Crippen LogP contribution < -0.4 is 4.74 Å². The third-order valence-electron chi connectivity index (χ3n) is 3.09. The highest BCUT2D eigenvalue weighted by molar-refractivity contribution is 7.71. The third kappa shape index (κ3) is 3.22. The summed E-state index contributed by atoms with van der Waals surface area (Å²) >= 11 is 5.25. The van der Waals surface area contributed by atoms with E-state index in [9.17, 15) is 0 Å². The molecule has 0 unspecified atom stereocenters. The smallest absolute Gasteiger partial charge is 0.195 e. The van der Waals surface area contributed by atoms with Crippen molar-refractivity contribution in [2.24, 2.45) is 0 Å². The molecule has 2 aromatic heterocycles. The fourth-order valence-corrected chi connectivity index (χ4v) is 2.25. The number of hydrogen-bond donors (Lipinski definition) is 1. The van der Waals surface area contributed by atoms with Gasteiger partial charge in [-0.05, 0) is 49.0 Å². The van der Waals surface area contributed by atoms with Crippen LogP contribution in [0.5, 0.6) is 5.75 Å². The Labute approximate surface area is 127 Å². The van der Waals surface area contributed by atoms with E-state index in [0.717, 1.165) is 22.9 Å². The van der Waals surface area contributed by atoms with Crippen LogP contribution in [0.15, 0.2) is 47.1 Å². The molecule has 0 radical (unpaired) electrons. The zero-order chi connectivity index (χ0) is 14.7. The Hall–Kier alpha value is -2.34. The zero-order valence-corrected chi connectivity index (χ0v) is 12.4. The first-order valence-electron chi connectivity index (χ1n) is 6.58. The molecule has 2 heterocycles. The van der Waals surface area contributed by atoms with Crippen LogP contribution in [0.3, 0.4) is 0 Å². The molecule has 0 amide bonds. The number of furan rings is 1. The maximum Gasteiger partial charge on any atom is 0.195 e. The van der Waals surface area contributed by atoms with Crippen molar-refractivity contribution in [3.05, 3.63) is 64.6 Å². The lowest BCUT2D eigenvalue weighted by Gasteiger charge is -2.08. The van der Waals surface area contributed by atoms with Gasteiger partial charge >= 0.3 is 0 Å². The van der Waals surface area contributed by atoms with Crippen LogP contribution in [-0.2, 0) is 13.2 Å². The SMILES string of the molecule is Cc1cccc(OCc2n[nH]c(=S)n2Cc2ccco2)c1. The lowest BCUT2D eigenvalue weighted by atomic mass is 10.2. The maximum absolute atomic E-state index is 5.77. The largest absolute Gasteiger partial charge is 0.486 e. The summed E-state index contributed by atoms with van der Waals surface area (Å²) in [4.78, 5) is 0. The summed E-state index contributed by atoms with van der Waals surface area (Å²) in [5.74, 6) is 2.37. The monoisotopic (exact) mass is 301 g/mol. The van der Waals surface area contributed by atoms with Crippen molar-refractivity contribution < 1.29 is 9.15 Å². The number of ether oxygens (including phenoxy) is 1. The van der Waals surface area contributed by atoms with Crippen molar-refractivity contribution in [3.8, 4) is 5.75 Å². The van der Waals surface area contributed by atoms with E-state index in [1.165, 1.54) is 0 Å². The van der Waals surface area contributed by atoms with Crippen LogP contribution in [0.4, 0.5) is 0 Å². The highest BCUT2D eigenvalue weighted by Gasteiger charge is 2.09. The minimum Gasteiger partial charge on any atom is -0.486 e. The van der Waals surface area contributed by atoms with Gasteiger partial charge in [0.25, 0.3) is 0 Å². The standard InChI is InChI=1S/C15H15N3O2S/c1-11-4-2-5-12(8-11)20-10-14-16-17-15(21)18(14)9-13-6-3-7-19-13/h2-8H,9-10H2,1H3,(H,17,21). The van der Waals surface area contributed by atoms with Crippen molar-refractivity contribution in [1.82, 2.24) is 14.8 Å². The number of nitrogens with zero attached hydrogens (tertiary/aromatic N) is 2.